The third kappa shape index (κ3) is 3.19. The van der Waals surface area contributed by atoms with Gasteiger partial charge in [0.05, 0.1) is 29.3 Å². The van der Waals surface area contributed by atoms with Crippen LogP contribution in [-0.2, 0) is 0 Å². The van der Waals surface area contributed by atoms with Gasteiger partial charge < -0.3 is 10.2 Å². The van der Waals surface area contributed by atoms with E-state index in [1.807, 2.05) is 41.5 Å². The number of nitrogens with zero attached hydrogens (tertiary/aromatic N) is 7. The lowest BCUT2D eigenvalue weighted by molar-refractivity contribution is 0.584. The molecule has 30 heavy (non-hydrogen) atoms. The molecule has 8 nitrogen and oxygen atoms in total. The highest BCUT2D eigenvalue weighted by Gasteiger charge is 2.25. The van der Waals surface area contributed by atoms with Gasteiger partial charge in [-0.05, 0) is 31.0 Å². The summed E-state index contributed by atoms with van der Waals surface area (Å²) < 4.78 is 1.88. The van der Waals surface area contributed by atoms with Gasteiger partial charge in [-0.1, -0.05) is 6.07 Å². The van der Waals surface area contributed by atoms with Gasteiger partial charge in [0, 0.05) is 49.9 Å². The third-order valence-corrected chi connectivity index (χ3v) is 5.74. The zero-order chi connectivity index (χ0) is 19.9. The molecule has 1 aliphatic carbocycles. The topological polar surface area (TPSA) is 84.7 Å². The van der Waals surface area contributed by atoms with Crippen LogP contribution in [0.5, 0.6) is 0 Å². The number of hydrogen-bond acceptors (Lipinski definition) is 7. The van der Waals surface area contributed by atoms with Crippen molar-refractivity contribution in [1.29, 1.82) is 0 Å². The summed E-state index contributed by atoms with van der Waals surface area (Å²) in [7, 11) is 0. The lowest BCUT2D eigenvalue weighted by Gasteiger charge is -2.28. The first-order valence-electron chi connectivity index (χ1n) is 10.4. The van der Waals surface area contributed by atoms with E-state index in [9.17, 15) is 0 Å². The molecular formula is C22H22N8. The second-order valence-electron chi connectivity index (χ2n) is 7.88. The van der Waals surface area contributed by atoms with Gasteiger partial charge in [-0.25, -0.2) is 14.6 Å². The van der Waals surface area contributed by atoms with Crippen molar-refractivity contribution in [3.05, 3.63) is 54.7 Å². The quantitative estimate of drug-likeness (QED) is 0.565. The molecule has 150 valence electrons. The molecule has 0 spiro atoms. The highest BCUT2D eigenvalue weighted by Crippen LogP contribution is 2.39. The maximum Gasteiger partial charge on any atom is 0.156 e. The van der Waals surface area contributed by atoms with Crippen LogP contribution < -0.4 is 10.2 Å². The van der Waals surface area contributed by atoms with Crippen molar-refractivity contribution in [3.8, 4) is 17.2 Å². The Labute approximate surface area is 174 Å². The van der Waals surface area contributed by atoms with Gasteiger partial charge in [0.25, 0.3) is 0 Å². The molecule has 4 aromatic heterocycles. The van der Waals surface area contributed by atoms with Crippen molar-refractivity contribution in [2.75, 3.05) is 31.1 Å². The van der Waals surface area contributed by atoms with Crippen LogP contribution in [0.2, 0.25) is 0 Å². The fraction of sp³-hybridized carbons (Fsp3) is 0.318. The average molecular weight is 398 g/mol. The maximum absolute atomic E-state index is 4.89. The summed E-state index contributed by atoms with van der Waals surface area (Å²) in [6.07, 6.45) is 9.73. The van der Waals surface area contributed by atoms with Crippen molar-refractivity contribution in [3.63, 3.8) is 0 Å². The molecule has 0 amide bonds. The number of nitrogens with one attached hydrogen (secondary N) is 1. The highest BCUT2D eigenvalue weighted by atomic mass is 15.3. The molecule has 2 aliphatic rings. The van der Waals surface area contributed by atoms with Gasteiger partial charge in [0.2, 0.25) is 0 Å². The summed E-state index contributed by atoms with van der Waals surface area (Å²) in [5.74, 6) is 2.34. The van der Waals surface area contributed by atoms with Crippen LogP contribution in [0.25, 0.3) is 28.1 Å². The van der Waals surface area contributed by atoms with E-state index < -0.39 is 0 Å². The predicted molar refractivity (Wildman–Crippen MR) is 115 cm³/mol. The first-order chi connectivity index (χ1) is 14.8. The molecule has 0 aromatic carbocycles. The van der Waals surface area contributed by atoms with Gasteiger partial charge >= 0.3 is 0 Å². The van der Waals surface area contributed by atoms with Crippen molar-refractivity contribution in [1.82, 2.24) is 35.0 Å². The molecule has 8 heteroatoms. The second kappa shape index (κ2) is 7.14. The molecule has 0 unspecified atom stereocenters. The predicted octanol–water partition coefficient (Wildman–Crippen LogP) is 2.56. The van der Waals surface area contributed by atoms with Gasteiger partial charge in [0.15, 0.2) is 5.82 Å². The normalized spacial score (nSPS) is 16.9. The first-order valence-corrected chi connectivity index (χ1v) is 10.4. The van der Waals surface area contributed by atoms with Gasteiger partial charge in [-0.15, -0.1) is 0 Å². The monoisotopic (exact) mass is 398 g/mol. The number of rotatable bonds is 4. The van der Waals surface area contributed by atoms with E-state index in [2.05, 4.69) is 31.3 Å². The van der Waals surface area contributed by atoms with Crippen molar-refractivity contribution < 1.29 is 0 Å². The second-order valence-corrected chi connectivity index (χ2v) is 7.88. The van der Waals surface area contributed by atoms with Crippen LogP contribution in [0, 0.1) is 0 Å². The Morgan fingerprint density at radius 3 is 2.63 bits per heavy atom. The lowest BCUT2D eigenvalue weighted by atomic mass is 10.2. The fourth-order valence-corrected chi connectivity index (χ4v) is 3.92. The largest absolute Gasteiger partial charge is 0.354 e. The van der Waals surface area contributed by atoms with E-state index in [1.165, 1.54) is 12.8 Å². The van der Waals surface area contributed by atoms with E-state index in [0.717, 1.165) is 65.8 Å². The van der Waals surface area contributed by atoms with Gasteiger partial charge in [0.1, 0.15) is 11.5 Å². The van der Waals surface area contributed by atoms with Crippen LogP contribution in [0.15, 0.2) is 49.1 Å². The van der Waals surface area contributed by atoms with Crippen molar-refractivity contribution in [2.45, 2.75) is 18.8 Å². The van der Waals surface area contributed by atoms with Crippen LogP contribution >= 0.6 is 0 Å². The molecule has 1 saturated heterocycles. The van der Waals surface area contributed by atoms with Crippen molar-refractivity contribution in [2.24, 2.45) is 0 Å². The van der Waals surface area contributed by atoms with E-state index in [1.54, 1.807) is 6.20 Å². The minimum atomic E-state index is 0.559. The summed E-state index contributed by atoms with van der Waals surface area (Å²) >= 11 is 0. The van der Waals surface area contributed by atoms with E-state index in [0.29, 0.717) is 5.92 Å². The molecule has 0 radical (unpaired) electrons. The minimum absolute atomic E-state index is 0.559. The SMILES string of the molecule is c1cc(N2CCNCC2)nc(-n2ncc3cnc(-c4cncc(C5CC5)n4)cc32)c1. The summed E-state index contributed by atoms with van der Waals surface area (Å²) in [5.41, 5.74) is 3.63. The molecule has 1 saturated carbocycles. The summed E-state index contributed by atoms with van der Waals surface area (Å²) in [4.78, 5) is 21.0. The van der Waals surface area contributed by atoms with Crippen LogP contribution in [0.1, 0.15) is 24.5 Å². The van der Waals surface area contributed by atoms with Gasteiger partial charge in [-0.2, -0.15) is 5.10 Å². The van der Waals surface area contributed by atoms with E-state index in [-0.39, 0.29) is 0 Å². The molecule has 1 N–H and O–H groups in total. The Morgan fingerprint density at radius 1 is 0.900 bits per heavy atom. The first kappa shape index (κ1) is 17.5. The molecule has 0 bridgehead atoms. The Hall–Kier alpha value is -3.39. The summed E-state index contributed by atoms with van der Waals surface area (Å²) in [6, 6.07) is 8.13. The molecule has 5 heterocycles. The third-order valence-electron chi connectivity index (χ3n) is 5.74. The van der Waals surface area contributed by atoms with Crippen LogP contribution in [0.4, 0.5) is 5.82 Å². The molecular weight excluding hydrogens is 376 g/mol. The molecule has 2 fully saturated rings. The summed E-state index contributed by atoms with van der Waals surface area (Å²) in [5, 5.41) is 8.94. The zero-order valence-corrected chi connectivity index (χ0v) is 16.6. The minimum Gasteiger partial charge on any atom is -0.354 e. The summed E-state index contributed by atoms with van der Waals surface area (Å²) in [6.45, 7) is 3.87. The standard InChI is InChI=1S/C22H22N8/c1-2-21(29-8-6-23-7-9-29)28-22(3-1)30-20-10-17(25-11-16(20)12-26-30)19-14-24-13-18(27-19)15-4-5-15/h1-3,10-15,23H,4-9H2. The molecule has 6 rings (SSSR count). The maximum atomic E-state index is 4.89. The Bertz CT molecular complexity index is 1210. The molecule has 0 atom stereocenters. The number of pyridine rings is 2. The van der Waals surface area contributed by atoms with E-state index in [4.69, 9.17) is 9.97 Å². The average Bonchev–Trinajstić information content (AvgIpc) is 3.59. The number of anilines is 1. The van der Waals surface area contributed by atoms with Crippen LogP contribution in [-0.4, -0.2) is 55.9 Å². The highest BCUT2D eigenvalue weighted by molar-refractivity contribution is 5.82. The van der Waals surface area contributed by atoms with Crippen LogP contribution in [0.3, 0.4) is 0 Å². The Morgan fingerprint density at radius 2 is 1.77 bits per heavy atom. The smallest absolute Gasteiger partial charge is 0.156 e. The number of aromatic nitrogens is 6. The molecule has 4 aromatic rings. The van der Waals surface area contributed by atoms with Crippen molar-refractivity contribution >= 4 is 16.7 Å². The van der Waals surface area contributed by atoms with E-state index >= 15 is 0 Å². The number of hydrogen-bond donors (Lipinski definition) is 1. The fourth-order valence-electron chi connectivity index (χ4n) is 3.92. The Balaban J connectivity index is 1.39. The number of fused-ring (bicyclic) bond motifs is 1. The lowest BCUT2D eigenvalue weighted by Crippen LogP contribution is -2.43. The molecule has 1 aliphatic heterocycles. The number of piperazine rings is 1. The Kier molecular flexibility index (Phi) is 4.16. The zero-order valence-electron chi connectivity index (χ0n) is 16.6. The van der Waals surface area contributed by atoms with Gasteiger partial charge in [-0.3, -0.25) is 9.97 Å².